The lowest BCUT2D eigenvalue weighted by Crippen LogP contribution is -2.41. The van der Waals surface area contributed by atoms with Gasteiger partial charge in [-0.25, -0.2) is 4.79 Å². The smallest absolute Gasteiger partial charge is 0.335 e. The molecule has 5 heteroatoms. The Kier molecular flexibility index (Phi) is 5.17. The molecule has 1 fully saturated rings. The zero-order chi connectivity index (χ0) is 12.0. The molecule has 1 aliphatic rings. The number of hydrogen-bond donors (Lipinski definition) is 1. The summed E-state index contributed by atoms with van der Waals surface area (Å²) in [5.41, 5.74) is 0.407. The maximum atomic E-state index is 11.1. The third kappa shape index (κ3) is 4.47. The van der Waals surface area contributed by atoms with Crippen LogP contribution in [0.4, 0.5) is 0 Å². The molecule has 1 N–H and O–H groups in total. The van der Waals surface area contributed by atoms with Crippen molar-refractivity contribution in [3.63, 3.8) is 0 Å². The summed E-state index contributed by atoms with van der Waals surface area (Å²) in [6, 6.07) is 1.46. The van der Waals surface area contributed by atoms with E-state index in [4.69, 9.17) is 9.16 Å². The molecular formula is C11H20O4Si. The second-order valence-corrected chi connectivity index (χ2v) is 7.45. The predicted octanol–water partition coefficient (Wildman–Crippen LogP) is 1.74. The average Bonchev–Trinajstić information content (AvgIpc) is 2.25. The van der Waals surface area contributed by atoms with E-state index in [1.807, 2.05) is 0 Å². The minimum absolute atomic E-state index is 0.338. The Balaban J connectivity index is 2.14. The highest BCUT2D eigenvalue weighted by atomic mass is 28.4. The number of rotatable bonds is 5. The van der Waals surface area contributed by atoms with Crippen molar-refractivity contribution in [3.05, 3.63) is 12.2 Å². The van der Waals surface area contributed by atoms with Crippen molar-refractivity contribution in [2.45, 2.75) is 38.3 Å². The Morgan fingerprint density at radius 1 is 1.56 bits per heavy atom. The number of ether oxygens (including phenoxy) is 1. The number of carbonyl (C=O) groups excluding carboxylic acids is 1. The van der Waals surface area contributed by atoms with Crippen LogP contribution in [0.2, 0.25) is 12.1 Å². The Morgan fingerprint density at radius 3 is 2.88 bits per heavy atom. The second kappa shape index (κ2) is 6.17. The SMILES string of the molecule is C=C(C)C(=O)OCCC[Si]1(O)CCCCO1. The van der Waals surface area contributed by atoms with Crippen molar-refractivity contribution in [2.75, 3.05) is 13.2 Å². The van der Waals surface area contributed by atoms with E-state index in [0.717, 1.165) is 18.9 Å². The van der Waals surface area contributed by atoms with Crippen LogP contribution in [0.3, 0.4) is 0 Å². The third-order valence-electron chi connectivity index (χ3n) is 2.63. The van der Waals surface area contributed by atoms with Crippen molar-refractivity contribution in [1.82, 2.24) is 0 Å². The quantitative estimate of drug-likeness (QED) is 0.346. The average molecular weight is 244 g/mol. The summed E-state index contributed by atoms with van der Waals surface area (Å²) in [5.74, 6) is -0.363. The van der Waals surface area contributed by atoms with Crippen LogP contribution in [-0.2, 0) is 14.0 Å². The Hall–Kier alpha value is -0.653. The van der Waals surface area contributed by atoms with Crippen LogP contribution in [-0.4, -0.2) is 32.5 Å². The van der Waals surface area contributed by atoms with E-state index in [-0.39, 0.29) is 5.97 Å². The largest absolute Gasteiger partial charge is 0.462 e. The zero-order valence-corrected chi connectivity index (χ0v) is 10.8. The molecule has 1 rings (SSSR count). The monoisotopic (exact) mass is 244 g/mol. The molecule has 0 spiro atoms. The van der Waals surface area contributed by atoms with Crippen LogP contribution < -0.4 is 0 Å². The fourth-order valence-electron chi connectivity index (χ4n) is 1.67. The Labute approximate surface area is 97.5 Å². The Morgan fingerprint density at radius 2 is 2.31 bits per heavy atom. The first-order chi connectivity index (χ1) is 7.53. The maximum absolute atomic E-state index is 11.1. The summed E-state index contributed by atoms with van der Waals surface area (Å²) >= 11 is 0. The highest BCUT2D eigenvalue weighted by Gasteiger charge is 2.34. The number of hydrogen-bond acceptors (Lipinski definition) is 4. The summed E-state index contributed by atoms with van der Waals surface area (Å²) in [7, 11) is -2.45. The van der Waals surface area contributed by atoms with Crippen LogP contribution in [0.1, 0.15) is 26.2 Å². The van der Waals surface area contributed by atoms with Crippen LogP contribution in [0.15, 0.2) is 12.2 Å². The van der Waals surface area contributed by atoms with E-state index in [1.54, 1.807) is 6.92 Å². The van der Waals surface area contributed by atoms with E-state index in [2.05, 4.69) is 6.58 Å². The van der Waals surface area contributed by atoms with Gasteiger partial charge in [0.25, 0.3) is 0 Å². The van der Waals surface area contributed by atoms with Gasteiger partial charge in [-0.3, -0.25) is 0 Å². The lowest BCUT2D eigenvalue weighted by molar-refractivity contribution is -0.138. The van der Waals surface area contributed by atoms with E-state index in [1.165, 1.54) is 0 Å². The van der Waals surface area contributed by atoms with Gasteiger partial charge >= 0.3 is 14.5 Å². The molecule has 0 aromatic rings. The highest BCUT2D eigenvalue weighted by Crippen LogP contribution is 2.24. The minimum Gasteiger partial charge on any atom is -0.462 e. The fraction of sp³-hybridized carbons (Fsp3) is 0.727. The summed E-state index contributed by atoms with van der Waals surface area (Å²) in [6.45, 7) is 6.13. The summed E-state index contributed by atoms with van der Waals surface area (Å²) in [6.07, 6.45) is 2.76. The first kappa shape index (κ1) is 13.4. The molecule has 0 aromatic carbocycles. The predicted molar refractivity (Wildman–Crippen MR) is 63.2 cm³/mol. The van der Waals surface area contributed by atoms with Crippen LogP contribution in [0, 0.1) is 0 Å². The van der Waals surface area contributed by atoms with Gasteiger partial charge in [-0.15, -0.1) is 0 Å². The molecule has 0 radical (unpaired) electrons. The molecule has 1 atom stereocenters. The normalized spacial score (nSPS) is 25.1. The van der Waals surface area contributed by atoms with E-state index >= 15 is 0 Å². The molecule has 0 aromatic heterocycles. The van der Waals surface area contributed by atoms with Crippen molar-refractivity contribution < 1.29 is 18.8 Å². The topological polar surface area (TPSA) is 55.8 Å². The number of esters is 1. The summed E-state index contributed by atoms with van der Waals surface area (Å²) in [5, 5.41) is 0. The maximum Gasteiger partial charge on any atom is 0.335 e. The van der Waals surface area contributed by atoms with Crippen LogP contribution >= 0.6 is 0 Å². The molecule has 4 nitrogen and oxygen atoms in total. The van der Waals surface area contributed by atoms with Crippen molar-refractivity contribution in [1.29, 1.82) is 0 Å². The minimum atomic E-state index is -2.45. The van der Waals surface area contributed by atoms with Gasteiger partial charge in [0.1, 0.15) is 0 Å². The number of carbonyl (C=O) groups is 1. The van der Waals surface area contributed by atoms with Gasteiger partial charge in [-0.1, -0.05) is 6.58 Å². The van der Waals surface area contributed by atoms with Gasteiger partial charge in [-0.2, -0.15) is 0 Å². The summed E-state index contributed by atoms with van der Waals surface area (Å²) in [4.78, 5) is 21.2. The van der Waals surface area contributed by atoms with E-state index < -0.39 is 8.56 Å². The molecule has 16 heavy (non-hydrogen) atoms. The first-order valence-electron chi connectivity index (χ1n) is 5.72. The molecule has 0 amide bonds. The third-order valence-corrected chi connectivity index (χ3v) is 5.64. The Bertz CT molecular complexity index is 259. The highest BCUT2D eigenvalue weighted by molar-refractivity contribution is 6.66. The van der Waals surface area contributed by atoms with Gasteiger partial charge in [0.15, 0.2) is 0 Å². The zero-order valence-electron chi connectivity index (χ0n) is 9.83. The van der Waals surface area contributed by atoms with Gasteiger partial charge in [-0.05, 0) is 38.3 Å². The van der Waals surface area contributed by atoms with Crippen molar-refractivity contribution >= 4 is 14.5 Å². The van der Waals surface area contributed by atoms with Crippen LogP contribution in [0.25, 0.3) is 0 Å². The molecule has 1 unspecified atom stereocenters. The second-order valence-electron chi connectivity index (χ2n) is 4.27. The van der Waals surface area contributed by atoms with Gasteiger partial charge < -0.3 is 14.0 Å². The molecule has 1 saturated heterocycles. The van der Waals surface area contributed by atoms with Crippen molar-refractivity contribution in [3.8, 4) is 0 Å². The lowest BCUT2D eigenvalue weighted by Gasteiger charge is -2.28. The molecular weight excluding hydrogens is 224 g/mol. The van der Waals surface area contributed by atoms with Crippen molar-refractivity contribution in [2.24, 2.45) is 0 Å². The van der Waals surface area contributed by atoms with E-state index in [9.17, 15) is 9.59 Å². The molecule has 1 heterocycles. The first-order valence-corrected chi connectivity index (χ1v) is 7.99. The fourth-order valence-corrected chi connectivity index (χ4v) is 4.23. The summed E-state index contributed by atoms with van der Waals surface area (Å²) < 4.78 is 10.4. The van der Waals surface area contributed by atoms with Crippen LogP contribution in [0.5, 0.6) is 0 Å². The molecule has 1 aliphatic heterocycles. The molecule has 0 bridgehead atoms. The lowest BCUT2D eigenvalue weighted by atomic mass is 10.4. The molecule has 0 aliphatic carbocycles. The van der Waals surface area contributed by atoms with Gasteiger partial charge in [0.2, 0.25) is 0 Å². The van der Waals surface area contributed by atoms with E-state index in [0.29, 0.717) is 31.3 Å². The molecule has 0 saturated carbocycles. The molecule has 92 valence electrons. The van der Waals surface area contributed by atoms with Gasteiger partial charge in [0.05, 0.1) is 6.61 Å². The standard InChI is InChI=1S/C11H20O4Si/c1-10(2)11(12)14-6-5-9-16(13)8-4-3-7-15-16/h13H,1,3-9H2,2H3. The van der Waals surface area contributed by atoms with Gasteiger partial charge in [0, 0.05) is 12.2 Å².